The molecule has 1 unspecified atom stereocenters. The van der Waals surface area contributed by atoms with Crippen LogP contribution >= 0.6 is 0 Å². The summed E-state index contributed by atoms with van der Waals surface area (Å²) in [6.07, 6.45) is 7.26. The highest BCUT2D eigenvalue weighted by Crippen LogP contribution is 2.37. The second-order valence-electron chi connectivity index (χ2n) is 5.34. The standard InChI is InChI=1S/C13H27NO/c1-4-11-5-7-12(8-6-11)13(2,15)9-10-14-3/h11-12,14-15H,4-10H2,1-3H3. The van der Waals surface area contributed by atoms with Crippen LogP contribution in [-0.4, -0.2) is 24.3 Å². The van der Waals surface area contributed by atoms with E-state index in [1.54, 1.807) is 0 Å². The van der Waals surface area contributed by atoms with Crippen molar-refractivity contribution in [2.45, 2.75) is 58.0 Å². The molecule has 15 heavy (non-hydrogen) atoms. The van der Waals surface area contributed by atoms with E-state index >= 15 is 0 Å². The van der Waals surface area contributed by atoms with Gasteiger partial charge >= 0.3 is 0 Å². The molecule has 2 N–H and O–H groups in total. The van der Waals surface area contributed by atoms with Crippen LogP contribution in [-0.2, 0) is 0 Å². The Bertz CT molecular complexity index is 171. The molecule has 1 aliphatic rings. The maximum absolute atomic E-state index is 10.4. The minimum absolute atomic E-state index is 0.457. The maximum Gasteiger partial charge on any atom is 0.0659 e. The summed E-state index contributed by atoms with van der Waals surface area (Å²) in [5.41, 5.74) is -0.457. The van der Waals surface area contributed by atoms with Crippen LogP contribution in [0.2, 0.25) is 0 Å². The van der Waals surface area contributed by atoms with Gasteiger partial charge in [-0.1, -0.05) is 26.2 Å². The maximum atomic E-state index is 10.4. The van der Waals surface area contributed by atoms with E-state index in [-0.39, 0.29) is 0 Å². The van der Waals surface area contributed by atoms with Crippen LogP contribution in [0.3, 0.4) is 0 Å². The monoisotopic (exact) mass is 213 g/mol. The van der Waals surface area contributed by atoms with E-state index in [1.807, 2.05) is 14.0 Å². The fraction of sp³-hybridized carbons (Fsp3) is 1.00. The molecule has 0 spiro atoms. The van der Waals surface area contributed by atoms with Crippen molar-refractivity contribution in [2.24, 2.45) is 11.8 Å². The van der Waals surface area contributed by atoms with Crippen LogP contribution in [0.1, 0.15) is 52.4 Å². The normalized spacial score (nSPS) is 31.2. The molecule has 0 saturated heterocycles. The molecule has 0 aliphatic heterocycles. The number of hydrogen-bond acceptors (Lipinski definition) is 2. The van der Waals surface area contributed by atoms with Crippen LogP contribution in [0.5, 0.6) is 0 Å². The molecule has 0 bridgehead atoms. The molecule has 1 saturated carbocycles. The van der Waals surface area contributed by atoms with Crippen molar-refractivity contribution < 1.29 is 5.11 Å². The second kappa shape index (κ2) is 5.86. The Kier molecular flexibility index (Phi) is 5.07. The van der Waals surface area contributed by atoms with Gasteiger partial charge in [0.05, 0.1) is 5.60 Å². The lowest BCUT2D eigenvalue weighted by Gasteiger charge is -2.38. The summed E-state index contributed by atoms with van der Waals surface area (Å²) in [7, 11) is 1.95. The van der Waals surface area contributed by atoms with E-state index in [1.165, 1.54) is 32.1 Å². The van der Waals surface area contributed by atoms with Crippen molar-refractivity contribution >= 4 is 0 Å². The van der Waals surface area contributed by atoms with Crippen LogP contribution in [0.4, 0.5) is 0 Å². The quantitative estimate of drug-likeness (QED) is 0.735. The molecular weight excluding hydrogens is 186 g/mol. The van der Waals surface area contributed by atoms with Gasteiger partial charge in [0.15, 0.2) is 0 Å². The van der Waals surface area contributed by atoms with Crippen molar-refractivity contribution in [3.8, 4) is 0 Å². The van der Waals surface area contributed by atoms with Gasteiger partial charge in [0.25, 0.3) is 0 Å². The summed E-state index contributed by atoms with van der Waals surface area (Å²) in [6, 6.07) is 0. The predicted octanol–water partition coefficient (Wildman–Crippen LogP) is 2.56. The van der Waals surface area contributed by atoms with Gasteiger partial charge in [-0.05, 0) is 51.6 Å². The molecule has 0 heterocycles. The Hall–Kier alpha value is -0.0800. The van der Waals surface area contributed by atoms with Crippen molar-refractivity contribution in [1.82, 2.24) is 5.32 Å². The van der Waals surface area contributed by atoms with Crippen LogP contribution in [0.15, 0.2) is 0 Å². The van der Waals surface area contributed by atoms with Gasteiger partial charge in [-0.3, -0.25) is 0 Å². The van der Waals surface area contributed by atoms with Gasteiger partial charge in [-0.25, -0.2) is 0 Å². The summed E-state index contributed by atoms with van der Waals surface area (Å²) in [5.74, 6) is 1.44. The molecule has 2 heteroatoms. The number of nitrogens with one attached hydrogen (secondary N) is 1. The topological polar surface area (TPSA) is 32.3 Å². The van der Waals surface area contributed by atoms with Gasteiger partial charge in [0.1, 0.15) is 0 Å². The van der Waals surface area contributed by atoms with Gasteiger partial charge in [0.2, 0.25) is 0 Å². The van der Waals surface area contributed by atoms with Gasteiger partial charge < -0.3 is 10.4 Å². The Balaban J connectivity index is 2.37. The van der Waals surface area contributed by atoms with Crippen molar-refractivity contribution in [3.05, 3.63) is 0 Å². The third-order valence-corrected chi connectivity index (χ3v) is 4.18. The molecule has 0 amide bonds. The first-order valence-electron chi connectivity index (χ1n) is 6.47. The zero-order valence-corrected chi connectivity index (χ0v) is 10.6. The Morgan fingerprint density at radius 3 is 2.33 bits per heavy atom. The summed E-state index contributed by atoms with van der Waals surface area (Å²) < 4.78 is 0. The number of aliphatic hydroxyl groups is 1. The van der Waals surface area contributed by atoms with E-state index in [2.05, 4.69) is 12.2 Å². The molecule has 1 atom stereocenters. The Morgan fingerprint density at radius 1 is 1.27 bits per heavy atom. The zero-order valence-electron chi connectivity index (χ0n) is 10.6. The summed E-state index contributed by atoms with van der Waals surface area (Å²) in [5, 5.41) is 13.5. The van der Waals surface area contributed by atoms with E-state index in [4.69, 9.17) is 0 Å². The molecule has 2 nitrogen and oxygen atoms in total. The number of hydrogen-bond donors (Lipinski definition) is 2. The third kappa shape index (κ3) is 3.76. The van der Waals surface area contributed by atoms with Crippen LogP contribution < -0.4 is 5.32 Å². The van der Waals surface area contributed by atoms with Gasteiger partial charge in [-0.15, -0.1) is 0 Å². The summed E-state index contributed by atoms with van der Waals surface area (Å²) in [6.45, 7) is 5.21. The molecule has 1 fully saturated rings. The second-order valence-corrected chi connectivity index (χ2v) is 5.34. The fourth-order valence-corrected chi connectivity index (χ4v) is 2.77. The minimum Gasteiger partial charge on any atom is -0.390 e. The highest BCUT2D eigenvalue weighted by Gasteiger charge is 2.33. The van der Waals surface area contributed by atoms with Crippen LogP contribution in [0.25, 0.3) is 0 Å². The Morgan fingerprint density at radius 2 is 1.87 bits per heavy atom. The molecule has 90 valence electrons. The molecule has 0 radical (unpaired) electrons. The van der Waals surface area contributed by atoms with E-state index < -0.39 is 5.60 Å². The highest BCUT2D eigenvalue weighted by molar-refractivity contribution is 4.86. The van der Waals surface area contributed by atoms with E-state index in [9.17, 15) is 5.11 Å². The summed E-state index contributed by atoms with van der Waals surface area (Å²) in [4.78, 5) is 0. The SMILES string of the molecule is CCC1CCC(C(C)(O)CCNC)CC1. The average Bonchev–Trinajstić information content (AvgIpc) is 2.26. The lowest BCUT2D eigenvalue weighted by molar-refractivity contribution is -0.0284. The average molecular weight is 213 g/mol. The van der Waals surface area contributed by atoms with Gasteiger partial charge in [-0.2, -0.15) is 0 Å². The van der Waals surface area contributed by atoms with Crippen molar-refractivity contribution in [2.75, 3.05) is 13.6 Å². The molecule has 1 rings (SSSR count). The zero-order chi connectivity index (χ0) is 11.3. The lowest BCUT2D eigenvalue weighted by atomic mass is 9.72. The predicted molar refractivity (Wildman–Crippen MR) is 64.9 cm³/mol. The summed E-state index contributed by atoms with van der Waals surface area (Å²) >= 11 is 0. The van der Waals surface area contributed by atoms with Gasteiger partial charge in [0, 0.05) is 0 Å². The number of rotatable bonds is 5. The molecule has 0 aromatic rings. The Labute approximate surface area is 94.5 Å². The van der Waals surface area contributed by atoms with Crippen molar-refractivity contribution in [3.63, 3.8) is 0 Å². The van der Waals surface area contributed by atoms with Crippen molar-refractivity contribution in [1.29, 1.82) is 0 Å². The lowest BCUT2D eigenvalue weighted by Crippen LogP contribution is -2.39. The van der Waals surface area contributed by atoms with E-state index in [0.717, 1.165) is 18.9 Å². The molecule has 0 aromatic heterocycles. The first-order chi connectivity index (χ1) is 7.10. The highest BCUT2D eigenvalue weighted by atomic mass is 16.3. The fourth-order valence-electron chi connectivity index (χ4n) is 2.77. The van der Waals surface area contributed by atoms with E-state index in [0.29, 0.717) is 5.92 Å². The first kappa shape index (κ1) is 13.0. The first-order valence-corrected chi connectivity index (χ1v) is 6.47. The third-order valence-electron chi connectivity index (χ3n) is 4.18. The largest absolute Gasteiger partial charge is 0.390 e. The van der Waals surface area contributed by atoms with Crippen LogP contribution in [0, 0.1) is 11.8 Å². The minimum atomic E-state index is -0.457. The molecule has 0 aromatic carbocycles. The molecular formula is C13H27NO. The molecule has 1 aliphatic carbocycles. The smallest absolute Gasteiger partial charge is 0.0659 e.